The summed E-state index contributed by atoms with van der Waals surface area (Å²) in [6.45, 7) is 2.54. The first-order valence-corrected chi connectivity index (χ1v) is 4.66. The molecule has 0 aliphatic carbocycles. The normalized spacial score (nSPS) is 10.2. The van der Waals surface area contributed by atoms with Crippen molar-refractivity contribution < 1.29 is 4.79 Å². The number of nitrogens with zero attached hydrogens (tertiary/aromatic N) is 4. The molecule has 2 rings (SSSR count). The van der Waals surface area contributed by atoms with Gasteiger partial charge in [0.2, 0.25) is 5.78 Å². The van der Waals surface area contributed by atoms with Gasteiger partial charge in [0.25, 0.3) is 0 Å². The molecule has 0 unspecified atom stereocenters. The number of carbonyl (C=O) groups excluding carboxylic acids is 1. The molecule has 0 radical (unpaired) electrons. The van der Waals surface area contributed by atoms with E-state index in [9.17, 15) is 4.79 Å². The zero-order chi connectivity index (χ0) is 10.7. The van der Waals surface area contributed by atoms with Crippen molar-refractivity contribution in [2.45, 2.75) is 13.5 Å². The van der Waals surface area contributed by atoms with Crippen LogP contribution in [0.25, 0.3) is 0 Å². The van der Waals surface area contributed by atoms with Crippen LogP contribution < -0.4 is 0 Å². The SMILES string of the molecule is CCn1nncc1C(=O)c1cccnc1. The monoisotopic (exact) mass is 202 g/mol. The molecule has 0 amide bonds. The second-order valence-electron chi connectivity index (χ2n) is 3.01. The highest BCUT2D eigenvalue weighted by Gasteiger charge is 2.14. The Morgan fingerprint density at radius 2 is 2.33 bits per heavy atom. The lowest BCUT2D eigenvalue weighted by Gasteiger charge is -2.01. The summed E-state index contributed by atoms with van der Waals surface area (Å²) < 4.78 is 1.56. The summed E-state index contributed by atoms with van der Waals surface area (Å²) in [6.07, 6.45) is 4.64. The summed E-state index contributed by atoms with van der Waals surface area (Å²) in [5.74, 6) is -0.102. The Balaban J connectivity index is 2.37. The molecule has 0 bridgehead atoms. The molecular formula is C10H10N4O. The molecule has 0 N–H and O–H groups in total. The lowest BCUT2D eigenvalue weighted by atomic mass is 10.1. The molecule has 0 aliphatic heterocycles. The van der Waals surface area contributed by atoms with E-state index >= 15 is 0 Å². The first-order valence-electron chi connectivity index (χ1n) is 4.66. The average Bonchev–Trinajstić information content (AvgIpc) is 2.77. The molecule has 0 aromatic carbocycles. The van der Waals surface area contributed by atoms with Crippen molar-refractivity contribution in [2.75, 3.05) is 0 Å². The lowest BCUT2D eigenvalue weighted by molar-refractivity contribution is 0.102. The van der Waals surface area contributed by atoms with Gasteiger partial charge in [-0.25, -0.2) is 4.68 Å². The Labute approximate surface area is 86.8 Å². The summed E-state index contributed by atoms with van der Waals surface area (Å²) in [7, 11) is 0. The summed E-state index contributed by atoms with van der Waals surface area (Å²) in [5, 5.41) is 7.52. The summed E-state index contributed by atoms with van der Waals surface area (Å²) in [6, 6.07) is 3.45. The van der Waals surface area contributed by atoms with E-state index in [0.717, 1.165) is 0 Å². The second-order valence-corrected chi connectivity index (χ2v) is 3.01. The molecule has 0 aliphatic rings. The minimum absolute atomic E-state index is 0.102. The number of aromatic nitrogens is 4. The van der Waals surface area contributed by atoms with Crippen LogP contribution in [0.3, 0.4) is 0 Å². The van der Waals surface area contributed by atoms with E-state index in [1.165, 1.54) is 12.4 Å². The van der Waals surface area contributed by atoms with E-state index < -0.39 is 0 Å². The molecule has 0 spiro atoms. The van der Waals surface area contributed by atoms with Gasteiger partial charge >= 0.3 is 0 Å². The molecule has 0 atom stereocenters. The molecule has 15 heavy (non-hydrogen) atoms. The maximum absolute atomic E-state index is 11.9. The van der Waals surface area contributed by atoms with Crippen LogP contribution in [-0.4, -0.2) is 25.8 Å². The number of hydrogen-bond donors (Lipinski definition) is 0. The van der Waals surface area contributed by atoms with Crippen LogP contribution in [0.2, 0.25) is 0 Å². The molecule has 76 valence electrons. The highest BCUT2D eigenvalue weighted by atomic mass is 16.1. The van der Waals surface area contributed by atoms with E-state index in [0.29, 0.717) is 17.8 Å². The zero-order valence-electron chi connectivity index (χ0n) is 8.29. The number of carbonyl (C=O) groups is 1. The number of rotatable bonds is 3. The van der Waals surface area contributed by atoms with Crippen LogP contribution in [0.15, 0.2) is 30.7 Å². The zero-order valence-corrected chi connectivity index (χ0v) is 8.29. The van der Waals surface area contributed by atoms with Crippen molar-refractivity contribution in [3.8, 4) is 0 Å². The minimum atomic E-state index is -0.102. The van der Waals surface area contributed by atoms with E-state index in [-0.39, 0.29) is 5.78 Å². The number of hydrogen-bond acceptors (Lipinski definition) is 4. The molecule has 2 aromatic rings. The van der Waals surface area contributed by atoms with Gasteiger partial charge in [0.15, 0.2) is 0 Å². The largest absolute Gasteiger partial charge is 0.287 e. The second kappa shape index (κ2) is 4.00. The Kier molecular flexibility index (Phi) is 2.53. The van der Waals surface area contributed by atoms with E-state index in [2.05, 4.69) is 15.3 Å². The quantitative estimate of drug-likeness (QED) is 0.694. The predicted octanol–water partition coefficient (Wildman–Crippen LogP) is 0.924. The maximum atomic E-state index is 11.9. The predicted molar refractivity (Wildman–Crippen MR) is 53.4 cm³/mol. The van der Waals surface area contributed by atoms with Crippen LogP contribution >= 0.6 is 0 Å². The van der Waals surface area contributed by atoms with E-state index in [4.69, 9.17) is 0 Å². The lowest BCUT2D eigenvalue weighted by Crippen LogP contribution is -2.10. The third-order valence-electron chi connectivity index (χ3n) is 2.07. The number of ketones is 1. The number of aryl methyl sites for hydroxylation is 1. The minimum Gasteiger partial charge on any atom is -0.287 e. The van der Waals surface area contributed by atoms with Gasteiger partial charge in [-0.15, -0.1) is 5.10 Å². The van der Waals surface area contributed by atoms with Crippen molar-refractivity contribution in [1.29, 1.82) is 0 Å². The Morgan fingerprint density at radius 3 is 3.00 bits per heavy atom. The van der Waals surface area contributed by atoms with Crippen molar-refractivity contribution in [2.24, 2.45) is 0 Å². The standard InChI is InChI=1S/C10H10N4O/c1-2-14-9(7-12-13-14)10(15)8-4-3-5-11-6-8/h3-7H,2H2,1H3. The van der Waals surface area contributed by atoms with Crippen LogP contribution in [0, 0.1) is 0 Å². The van der Waals surface area contributed by atoms with Crippen LogP contribution in [-0.2, 0) is 6.54 Å². The van der Waals surface area contributed by atoms with Crippen LogP contribution in [0.4, 0.5) is 0 Å². The van der Waals surface area contributed by atoms with E-state index in [1.807, 2.05) is 6.92 Å². The van der Waals surface area contributed by atoms with Crippen LogP contribution in [0.1, 0.15) is 23.0 Å². The van der Waals surface area contributed by atoms with Crippen molar-refractivity contribution in [1.82, 2.24) is 20.0 Å². The summed E-state index contributed by atoms with van der Waals surface area (Å²) >= 11 is 0. The Morgan fingerprint density at radius 1 is 1.47 bits per heavy atom. The fourth-order valence-corrected chi connectivity index (χ4v) is 1.31. The van der Waals surface area contributed by atoms with Crippen molar-refractivity contribution in [3.63, 3.8) is 0 Å². The highest BCUT2D eigenvalue weighted by Crippen LogP contribution is 2.06. The number of pyridine rings is 1. The summed E-state index contributed by atoms with van der Waals surface area (Å²) in [5.41, 5.74) is 1.04. The molecule has 0 saturated heterocycles. The summed E-state index contributed by atoms with van der Waals surface area (Å²) in [4.78, 5) is 15.8. The molecular weight excluding hydrogens is 192 g/mol. The fraction of sp³-hybridized carbons (Fsp3) is 0.200. The third kappa shape index (κ3) is 1.76. The average molecular weight is 202 g/mol. The van der Waals surface area contributed by atoms with Crippen LogP contribution in [0.5, 0.6) is 0 Å². The Hall–Kier alpha value is -2.04. The molecule has 0 fully saturated rings. The van der Waals surface area contributed by atoms with E-state index in [1.54, 1.807) is 23.0 Å². The van der Waals surface area contributed by atoms with Gasteiger partial charge in [0.05, 0.1) is 6.20 Å². The van der Waals surface area contributed by atoms with Gasteiger partial charge < -0.3 is 0 Å². The van der Waals surface area contributed by atoms with Crippen molar-refractivity contribution in [3.05, 3.63) is 42.0 Å². The van der Waals surface area contributed by atoms with Gasteiger partial charge in [-0.2, -0.15) is 0 Å². The molecule has 5 nitrogen and oxygen atoms in total. The van der Waals surface area contributed by atoms with Crippen molar-refractivity contribution >= 4 is 5.78 Å². The van der Waals surface area contributed by atoms with Gasteiger partial charge in [0.1, 0.15) is 5.69 Å². The molecule has 2 heterocycles. The molecule has 2 aromatic heterocycles. The first kappa shape index (κ1) is 9.51. The van der Waals surface area contributed by atoms with Gasteiger partial charge in [-0.1, -0.05) is 5.21 Å². The van der Waals surface area contributed by atoms with Gasteiger partial charge in [-0.3, -0.25) is 9.78 Å². The fourth-order valence-electron chi connectivity index (χ4n) is 1.31. The third-order valence-corrected chi connectivity index (χ3v) is 2.07. The highest BCUT2D eigenvalue weighted by molar-refractivity contribution is 6.07. The molecule has 0 saturated carbocycles. The smallest absolute Gasteiger partial charge is 0.214 e. The van der Waals surface area contributed by atoms with Gasteiger partial charge in [-0.05, 0) is 19.1 Å². The Bertz CT molecular complexity index is 463. The topological polar surface area (TPSA) is 60.7 Å². The molecule has 5 heteroatoms. The maximum Gasteiger partial charge on any atom is 0.214 e. The first-order chi connectivity index (χ1) is 7.33. The van der Waals surface area contributed by atoms with Gasteiger partial charge in [0, 0.05) is 24.5 Å².